The van der Waals surface area contributed by atoms with Gasteiger partial charge in [0.05, 0.1) is 22.9 Å². The first kappa shape index (κ1) is 26.5. The van der Waals surface area contributed by atoms with Gasteiger partial charge in [0, 0.05) is 17.4 Å². The van der Waals surface area contributed by atoms with Crippen molar-refractivity contribution in [3.05, 3.63) is 83.4 Å². The number of aryl methyl sites for hydroxylation is 2. The number of aromatic amines is 1. The van der Waals surface area contributed by atoms with Crippen LogP contribution in [0.3, 0.4) is 0 Å². The Morgan fingerprint density at radius 1 is 0.947 bits per heavy atom. The number of piperidine rings is 1. The second-order valence-corrected chi connectivity index (χ2v) is 12.6. The standard InChI is InChI=1S/C32H38N2O3S/c1-4-37-32-23(2)20-27(21-24(32)3)38(35,36)19-16-25-14-17-34(18-15-25)22-29-28-12-8-9-13-30(28)33-31(29)26-10-6-5-7-11-26/h5-13,20-21,25,33H,4,14-19,22H2,1-3H3. The maximum atomic E-state index is 13.2. The highest BCUT2D eigenvalue weighted by Crippen LogP contribution is 2.33. The molecule has 0 spiro atoms. The second-order valence-electron chi connectivity index (χ2n) is 10.5. The normalized spacial score (nSPS) is 15.2. The fourth-order valence-electron chi connectivity index (χ4n) is 5.77. The van der Waals surface area contributed by atoms with Crippen LogP contribution in [0.2, 0.25) is 0 Å². The molecule has 0 atom stereocenters. The summed E-state index contributed by atoms with van der Waals surface area (Å²) in [5.41, 5.74) is 6.67. The van der Waals surface area contributed by atoms with Crippen LogP contribution in [-0.4, -0.2) is 43.8 Å². The number of aromatic nitrogens is 1. The lowest BCUT2D eigenvalue weighted by molar-refractivity contribution is 0.176. The molecule has 0 bridgehead atoms. The Bertz CT molecular complexity index is 1480. The molecule has 4 aromatic rings. The number of sulfone groups is 1. The summed E-state index contributed by atoms with van der Waals surface area (Å²) in [5.74, 6) is 1.43. The molecule has 3 aromatic carbocycles. The number of ether oxygens (including phenoxy) is 1. The van der Waals surface area contributed by atoms with Crippen LogP contribution in [0.4, 0.5) is 0 Å². The molecular weight excluding hydrogens is 492 g/mol. The molecule has 200 valence electrons. The van der Waals surface area contributed by atoms with Crippen molar-refractivity contribution < 1.29 is 13.2 Å². The van der Waals surface area contributed by atoms with E-state index in [1.54, 1.807) is 12.1 Å². The Morgan fingerprint density at radius 2 is 1.61 bits per heavy atom. The minimum atomic E-state index is -3.32. The lowest BCUT2D eigenvalue weighted by Crippen LogP contribution is -2.33. The first-order valence-electron chi connectivity index (χ1n) is 13.7. The quantitative estimate of drug-likeness (QED) is 0.255. The molecule has 0 saturated carbocycles. The predicted octanol–water partition coefficient (Wildman–Crippen LogP) is 6.93. The van der Waals surface area contributed by atoms with Crippen molar-refractivity contribution in [2.45, 2.75) is 51.5 Å². The van der Waals surface area contributed by atoms with Gasteiger partial charge < -0.3 is 9.72 Å². The molecule has 5 nitrogen and oxygen atoms in total. The van der Waals surface area contributed by atoms with Gasteiger partial charge in [-0.25, -0.2) is 8.42 Å². The summed E-state index contributed by atoms with van der Waals surface area (Å²) in [6, 6.07) is 22.6. The number of hydrogen-bond donors (Lipinski definition) is 1. The lowest BCUT2D eigenvalue weighted by Gasteiger charge is -2.32. The fourth-order valence-corrected chi connectivity index (χ4v) is 7.37. The second kappa shape index (κ2) is 11.3. The van der Waals surface area contributed by atoms with Crippen molar-refractivity contribution in [3.8, 4) is 17.0 Å². The summed E-state index contributed by atoms with van der Waals surface area (Å²) in [5, 5.41) is 1.28. The Morgan fingerprint density at radius 3 is 2.29 bits per heavy atom. The van der Waals surface area contributed by atoms with Crippen LogP contribution in [0, 0.1) is 19.8 Å². The van der Waals surface area contributed by atoms with E-state index in [9.17, 15) is 8.42 Å². The summed E-state index contributed by atoms with van der Waals surface area (Å²) in [6.07, 6.45) is 2.77. The van der Waals surface area contributed by atoms with E-state index in [1.807, 2.05) is 20.8 Å². The highest BCUT2D eigenvalue weighted by molar-refractivity contribution is 7.91. The number of hydrogen-bond acceptors (Lipinski definition) is 4. The van der Waals surface area contributed by atoms with Gasteiger partial charge in [0.1, 0.15) is 5.75 Å². The van der Waals surface area contributed by atoms with Gasteiger partial charge in [-0.1, -0.05) is 48.5 Å². The first-order valence-corrected chi connectivity index (χ1v) is 15.3. The summed E-state index contributed by atoms with van der Waals surface area (Å²) >= 11 is 0. The molecule has 0 radical (unpaired) electrons. The summed E-state index contributed by atoms with van der Waals surface area (Å²) in [6.45, 7) is 9.22. The molecule has 1 N–H and O–H groups in total. The number of benzene rings is 3. The minimum absolute atomic E-state index is 0.200. The lowest BCUT2D eigenvalue weighted by atomic mass is 9.94. The van der Waals surface area contributed by atoms with Crippen molar-refractivity contribution >= 4 is 20.7 Å². The Labute approximate surface area is 226 Å². The van der Waals surface area contributed by atoms with Crippen molar-refractivity contribution in [2.24, 2.45) is 5.92 Å². The number of fused-ring (bicyclic) bond motifs is 1. The Hall–Kier alpha value is -3.09. The summed E-state index contributed by atoms with van der Waals surface area (Å²) in [7, 11) is -3.32. The molecule has 1 fully saturated rings. The average Bonchev–Trinajstić information content (AvgIpc) is 3.29. The zero-order valence-electron chi connectivity index (χ0n) is 22.7. The van der Waals surface area contributed by atoms with E-state index < -0.39 is 9.84 Å². The van der Waals surface area contributed by atoms with E-state index in [0.717, 1.165) is 49.4 Å². The van der Waals surface area contributed by atoms with E-state index in [0.29, 0.717) is 23.8 Å². The van der Waals surface area contributed by atoms with Gasteiger partial charge in [-0.15, -0.1) is 0 Å². The minimum Gasteiger partial charge on any atom is -0.493 e. The van der Waals surface area contributed by atoms with Crippen LogP contribution in [0.1, 0.15) is 42.9 Å². The Kier molecular flexibility index (Phi) is 7.91. The van der Waals surface area contributed by atoms with Crippen molar-refractivity contribution in [1.82, 2.24) is 9.88 Å². The first-order chi connectivity index (χ1) is 18.4. The van der Waals surface area contributed by atoms with E-state index >= 15 is 0 Å². The molecule has 0 aliphatic carbocycles. The van der Waals surface area contributed by atoms with Gasteiger partial charge in [0.2, 0.25) is 0 Å². The number of H-pyrrole nitrogens is 1. The van der Waals surface area contributed by atoms with E-state index in [-0.39, 0.29) is 5.75 Å². The monoisotopic (exact) mass is 530 g/mol. The van der Waals surface area contributed by atoms with Crippen molar-refractivity contribution in [3.63, 3.8) is 0 Å². The van der Waals surface area contributed by atoms with Gasteiger partial charge in [-0.3, -0.25) is 4.90 Å². The van der Waals surface area contributed by atoms with Crippen molar-refractivity contribution in [2.75, 3.05) is 25.4 Å². The molecule has 38 heavy (non-hydrogen) atoms. The maximum Gasteiger partial charge on any atom is 0.178 e. The summed E-state index contributed by atoms with van der Waals surface area (Å²) in [4.78, 5) is 6.59. The van der Waals surface area contributed by atoms with Crippen LogP contribution in [0.5, 0.6) is 5.75 Å². The molecule has 1 aliphatic heterocycles. The molecule has 1 saturated heterocycles. The highest BCUT2D eigenvalue weighted by Gasteiger charge is 2.25. The number of para-hydroxylation sites is 1. The molecule has 0 amide bonds. The summed E-state index contributed by atoms with van der Waals surface area (Å²) < 4.78 is 32.0. The third-order valence-electron chi connectivity index (χ3n) is 7.84. The largest absolute Gasteiger partial charge is 0.493 e. The van der Waals surface area contributed by atoms with E-state index in [2.05, 4.69) is 64.5 Å². The molecule has 1 aromatic heterocycles. The zero-order valence-corrected chi connectivity index (χ0v) is 23.5. The SMILES string of the molecule is CCOc1c(C)cc(S(=O)(=O)CCC2CCN(Cc3c(-c4ccccc4)[nH]c4ccccc34)CC2)cc1C. The maximum absolute atomic E-state index is 13.2. The van der Waals surface area contributed by atoms with Crippen LogP contribution in [-0.2, 0) is 16.4 Å². The van der Waals surface area contributed by atoms with Crippen LogP contribution in [0.15, 0.2) is 71.6 Å². The van der Waals surface area contributed by atoms with Crippen LogP contribution in [0.25, 0.3) is 22.2 Å². The van der Waals surface area contributed by atoms with E-state index in [1.165, 1.54) is 27.7 Å². The zero-order chi connectivity index (χ0) is 26.7. The smallest absolute Gasteiger partial charge is 0.178 e. The average molecular weight is 531 g/mol. The topological polar surface area (TPSA) is 62.4 Å². The fraction of sp³-hybridized carbons (Fsp3) is 0.375. The molecule has 0 unspecified atom stereocenters. The highest BCUT2D eigenvalue weighted by atomic mass is 32.2. The third kappa shape index (κ3) is 5.67. The van der Waals surface area contributed by atoms with Gasteiger partial charge in [-0.2, -0.15) is 0 Å². The van der Waals surface area contributed by atoms with Crippen LogP contribution < -0.4 is 4.74 Å². The predicted molar refractivity (Wildman–Crippen MR) is 155 cm³/mol. The number of nitrogens with zero attached hydrogens (tertiary/aromatic N) is 1. The number of nitrogens with one attached hydrogen (secondary N) is 1. The Balaban J connectivity index is 1.22. The molecule has 2 heterocycles. The van der Waals surface area contributed by atoms with Gasteiger partial charge in [-0.05, 0) is 99.5 Å². The molecule has 5 rings (SSSR count). The van der Waals surface area contributed by atoms with E-state index in [4.69, 9.17) is 4.74 Å². The number of likely N-dealkylation sites (tertiary alicyclic amines) is 1. The molecule has 6 heteroatoms. The van der Waals surface area contributed by atoms with Gasteiger partial charge in [0.25, 0.3) is 0 Å². The van der Waals surface area contributed by atoms with Crippen molar-refractivity contribution in [1.29, 1.82) is 0 Å². The molecular formula is C32H38N2O3S. The third-order valence-corrected chi connectivity index (χ3v) is 9.57. The van der Waals surface area contributed by atoms with Gasteiger partial charge in [0.15, 0.2) is 9.84 Å². The van der Waals surface area contributed by atoms with Gasteiger partial charge >= 0.3 is 0 Å². The molecule has 1 aliphatic rings. The van der Waals surface area contributed by atoms with Crippen LogP contribution >= 0.6 is 0 Å². The number of rotatable bonds is 9.